The van der Waals surface area contributed by atoms with Crippen molar-refractivity contribution in [2.75, 3.05) is 21.3 Å². The summed E-state index contributed by atoms with van der Waals surface area (Å²) in [6.07, 6.45) is 0. The zero-order chi connectivity index (χ0) is 21.3. The lowest BCUT2D eigenvalue weighted by Gasteiger charge is -2.13. The Labute approximate surface area is 163 Å². The maximum Gasteiger partial charge on any atom is 0.364 e. The summed E-state index contributed by atoms with van der Waals surface area (Å²) in [6, 6.07) is 5.95. The van der Waals surface area contributed by atoms with Crippen molar-refractivity contribution in [3.05, 3.63) is 50.1 Å². The van der Waals surface area contributed by atoms with Crippen molar-refractivity contribution in [3.8, 4) is 28.4 Å². The largest absolute Gasteiger partial charge is 0.500 e. The first-order chi connectivity index (χ1) is 13.9. The van der Waals surface area contributed by atoms with Crippen molar-refractivity contribution in [3.63, 3.8) is 0 Å². The molecule has 0 saturated carbocycles. The number of rotatable bonds is 6. The van der Waals surface area contributed by atoms with Crippen molar-refractivity contribution >= 4 is 22.3 Å². The lowest BCUT2D eigenvalue weighted by atomic mass is 10.00. The van der Waals surface area contributed by atoms with E-state index in [0.717, 1.165) is 13.2 Å². The first kappa shape index (κ1) is 19.8. The molecular weight excluding hydrogens is 384 g/mol. The second kappa shape index (κ2) is 7.58. The number of phenolic OH excluding ortho intramolecular Hbond substituents is 1. The number of fused-ring (bicyclic) bond motifs is 1. The molecule has 0 aliphatic heterocycles. The van der Waals surface area contributed by atoms with Crippen LogP contribution in [0.3, 0.4) is 0 Å². The zero-order valence-corrected chi connectivity index (χ0v) is 16.0. The monoisotopic (exact) mass is 401 g/mol. The van der Waals surface area contributed by atoms with Crippen LogP contribution in [0.1, 0.15) is 5.76 Å². The smallest absolute Gasteiger partial charge is 0.364 e. The number of benzene rings is 2. The number of aryl methyl sites for hydroxylation is 1. The Kier molecular flexibility index (Phi) is 5.18. The lowest BCUT2D eigenvalue weighted by molar-refractivity contribution is -0.736. The van der Waals surface area contributed by atoms with E-state index in [1.54, 1.807) is 25.1 Å². The topological polar surface area (TPSA) is 128 Å². The Morgan fingerprint density at radius 2 is 1.86 bits per heavy atom. The number of nitrogens with zero attached hydrogens (tertiary/aromatic N) is 2. The molecule has 29 heavy (non-hydrogen) atoms. The van der Waals surface area contributed by atoms with Crippen molar-refractivity contribution in [1.29, 1.82) is 0 Å². The van der Waals surface area contributed by atoms with Crippen LogP contribution in [-0.4, -0.2) is 31.4 Å². The molecule has 3 aromatic rings. The molecule has 3 rings (SSSR count). The minimum absolute atomic E-state index is 0.0300. The van der Waals surface area contributed by atoms with Crippen LogP contribution in [0.2, 0.25) is 0 Å². The van der Waals surface area contributed by atoms with E-state index < -0.39 is 22.6 Å². The van der Waals surface area contributed by atoms with E-state index in [9.17, 15) is 19.7 Å². The van der Waals surface area contributed by atoms with Crippen LogP contribution in [0.4, 0.5) is 11.4 Å². The van der Waals surface area contributed by atoms with Gasteiger partial charge in [-0.05, 0) is 30.3 Å². The molecule has 0 saturated heterocycles. The Morgan fingerprint density at radius 3 is 2.45 bits per heavy atom. The van der Waals surface area contributed by atoms with Gasteiger partial charge in [0.1, 0.15) is 22.8 Å². The molecule has 0 radical (unpaired) electrons. The Balaban J connectivity index is 2.46. The molecule has 150 valence electrons. The molecule has 0 atom stereocenters. The Morgan fingerprint density at radius 1 is 1.14 bits per heavy atom. The van der Waals surface area contributed by atoms with Crippen LogP contribution >= 0.6 is 0 Å². The van der Waals surface area contributed by atoms with E-state index in [4.69, 9.17) is 13.9 Å². The molecule has 0 aliphatic rings. The third-order valence-corrected chi connectivity index (χ3v) is 4.42. The number of hydrogen-bond acceptors (Lipinski definition) is 9. The predicted octanol–water partition coefficient (Wildman–Crippen LogP) is 3.86. The summed E-state index contributed by atoms with van der Waals surface area (Å²) in [5, 5.41) is 12.7. The molecule has 0 amide bonds. The summed E-state index contributed by atoms with van der Waals surface area (Å²) in [7, 11) is 3.98. The van der Waals surface area contributed by atoms with Crippen LogP contribution < -0.4 is 14.9 Å². The summed E-state index contributed by atoms with van der Waals surface area (Å²) in [5.41, 5.74) is -1.35. The van der Waals surface area contributed by atoms with Gasteiger partial charge in [-0.3, -0.25) is 4.79 Å². The van der Waals surface area contributed by atoms with Gasteiger partial charge >= 0.3 is 5.69 Å². The van der Waals surface area contributed by atoms with Gasteiger partial charge in [-0.25, -0.2) is 4.84 Å². The average molecular weight is 401 g/mol. The Bertz CT molecular complexity index is 1200. The van der Waals surface area contributed by atoms with Gasteiger partial charge in [-0.1, -0.05) is 0 Å². The molecule has 10 heteroatoms. The summed E-state index contributed by atoms with van der Waals surface area (Å²) in [6.45, 7) is 1.54. The van der Waals surface area contributed by atoms with Crippen molar-refractivity contribution in [1.82, 2.24) is 0 Å². The van der Waals surface area contributed by atoms with Crippen LogP contribution in [0.5, 0.6) is 17.2 Å². The molecule has 0 aliphatic carbocycles. The highest BCUT2D eigenvalue weighted by Crippen LogP contribution is 2.43. The SMILES string of the molecule is COc1ccc(OC)c(-c2c(C)oc3cc([N+](=O)OC)c(O)c(N=O)c3c2=O)c1. The molecule has 1 aromatic heterocycles. The average Bonchev–Trinajstić information content (AvgIpc) is 2.73. The van der Waals surface area contributed by atoms with Gasteiger partial charge < -0.3 is 19.0 Å². The van der Waals surface area contributed by atoms with E-state index >= 15 is 0 Å². The van der Waals surface area contributed by atoms with Gasteiger partial charge in [-0.2, -0.15) is 0 Å². The van der Waals surface area contributed by atoms with Gasteiger partial charge in [0.2, 0.25) is 11.2 Å². The number of hydrogen-bond donors (Lipinski definition) is 1. The number of methoxy groups -OCH3 is 2. The zero-order valence-electron chi connectivity index (χ0n) is 16.0. The van der Waals surface area contributed by atoms with Gasteiger partial charge in [0.25, 0.3) is 4.92 Å². The molecule has 1 heterocycles. The highest BCUT2D eigenvalue weighted by Gasteiger charge is 2.31. The third-order valence-electron chi connectivity index (χ3n) is 4.42. The fourth-order valence-corrected chi connectivity index (χ4v) is 3.07. The van der Waals surface area contributed by atoms with Crippen LogP contribution in [0, 0.1) is 16.7 Å². The van der Waals surface area contributed by atoms with E-state index in [0.29, 0.717) is 17.1 Å². The van der Waals surface area contributed by atoms with Gasteiger partial charge in [0.05, 0.1) is 36.1 Å². The first-order valence-electron chi connectivity index (χ1n) is 8.28. The summed E-state index contributed by atoms with van der Waals surface area (Å²) in [5.74, 6) is 0.224. The number of aromatic hydroxyl groups is 1. The van der Waals surface area contributed by atoms with E-state index in [1.807, 2.05) is 0 Å². The maximum atomic E-state index is 13.3. The van der Waals surface area contributed by atoms with Crippen molar-refractivity contribution in [2.45, 2.75) is 6.92 Å². The summed E-state index contributed by atoms with van der Waals surface area (Å²) in [4.78, 5) is 41.0. The predicted molar refractivity (Wildman–Crippen MR) is 103 cm³/mol. The van der Waals surface area contributed by atoms with Crippen molar-refractivity contribution < 1.29 is 28.8 Å². The van der Waals surface area contributed by atoms with Gasteiger partial charge in [-0.15, -0.1) is 4.91 Å². The van der Waals surface area contributed by atoms with Crippen molar-refractivity contribution in [2.24, 2.45) is 5.18 Å². The first-order valence-corrected chi connectivity index (χ1v) is 8.28. The minimum atomic E-state index is -0.802. The summed E-state index contributed by atoms with van der Waals surface area (Å²) < 4.78 is 16.2. The highest BCUT2D eigenvalue weighted by molar-refractivity contribution is 5.97. The third kappa shape index (κ3) is 3.14. The fourth-order valence-electron chi connectivity index (χ4n) is 3.07. The second-order valence-corrected chi connectivity index (χ2v) is 5.93. The Hall–Kier alpha value is -3.95. The molecular formula is C19H17N2O8+. The maximum absolute atomic E-state index is 13.3. The molecule has 0 spiro atoms. The van der Waals surface area contributed by atoms with Crippen LogP contribution in [0.15, 0.2) is 38.7 Å². The fraction of sp³-hybridized carbons (Fsp3) is 0.211. The highest BCUT2D eigenvalue weighted by atomic mass is 16.8. The molecule has 0 fully saturated rings. The molecule has 0 unspecified atom stereocenters. The standard InChI is InChI=1S/C19H16N2O8/c1-9-15(11-7-10(26-2)5-6-13(11)27-3)19(23)16-14(29-9)8-12(21(25)28-4)18(22)17(16)20-24/h5-8H,1-4H3/p+1. The molecule has 0 bridgehead atoms. The second-order valence-electron chi connectivity index (χ2n) is 5.93. The van der Waals surface area contributed by atoms with E-state index in [1.165, 1.54) is 14.2 Å². The van der Waals surface area contributed by atoms with Gasteiger partial charge in [0, 0.05) is 5.56 Å². The quantitative estimate of drug-likeness (QED) is 0.487. The number of phenols is 1. The normalized spacial score (nSPS) is 10.6. The molecule has 1 N–H and O–H groups in total. The lowest BCUT2D eigenvalue weighted by Crippen LogP contribution is -2.09. The minimum Gasteiger partial charge on any atom is -0.500 e. The summed E-state index contributed by atoms with van der Waals surface area (Å²) >= 11 is 0. The van der Waals surface area contributed by atoms with E-state index in [2.05, 4.69) is 10.0 Å². The molecule has 2 aromatic carbocycles. The van der Waals surface area contributed by atoms with Crippen LogP contribution in [-0.2, 0) is 4.84 Å². The number of nitroso groups, excluding NO2 is 1. The van der Waals surface area contributed by atoms with Gasteiger partial charge in [0.15, 0.2) is 12.8 Å². The molecule has 10 nitrogen and oxygen atoms in total. The van der Waals surface area contributed by atoms with Crippen LogP contribution in [0.25, 0.3) is 22.1 Å². The van der Waals surface area contributed by atoms with E-state index in [-0.39, 0.29) is 27.2 Å². The number of ether oxygens (including phenoxy) is 2.